The smallest absolute Gasteiger partial charge is 0.343 e. The second-order valence-corrected chi connectivity index (χ2v) is 7.57. The van der Waals surface area contributed by atoms with Gasteiger partial charge in [0.15, 0.2) is 5.16 Å². The Morgan fingerprint density at radius 3 is 2.79 bits per heavy atom. The van der Waals surface area contributed by atoms with Crippen molar-refractivity contribution in [1.82, 2.24) is 19.8 Å². The van der Waals surface area contributed by atoms with Crippen LogP contribution >= 0.6 is 23.4 Å². The number of nitrogens with zero attached hydrogens (tertiary/aromatic N) is 4. The quantitative estimate of drug-likeness (QED) is 0.644. The van der Waals surface area contributed by atoms with E-state index in [0.29, 0.717) is 22.4 Å². The lowest BCUT2D eigenvalue weighted by atomic mass is 10.0. The van der Waals surface area contributed by atoms with Gasteiger partial charge in [-0.25, -0.2) is 14.9 Å². The molecule has 0 bridgehead atoms. The summed E-state index contributed by atoms with van der Waals surface area (Å²) >= 11 is 7.14. The number of rotatable bonds is 5. The van der Waals surface area contributed by atoms with Crippen LogP contribution in [0.1, 0.15) is 23.8 Å². The number of aromatic nitrogens is 3. The standard InChI is InChI=1S/C18H16ClN5O3S/c1-23-17(26)20-21-18(23)28-10-16(25)24-14(15-3-2-8-27-15)9-13(22-24)11-4-6-12(19)7-5-11/h2-8,14H,9-10H2,1H3,(H,20,26). The lowest BCUT2D eigenvalue weighted by Crippen LogP contribution is -2.28. The number of aromatic amines is 1. The fourth-order valence-electron chi connectivity index (χ4n) is 2.91. The molecule has 144 valence electrons. The molecule has 1 unspecified atom stereocenters. The number of carbonyl (C=O) groups excluding carboxylic acids is 1. The minimum Gasteiger partial charge on any atom is -0.467 e. The molecule has 1 atom stereocenters. The van der Waals surface area contributed by atoms with E-state index in [2.05, 4.69) is 15.3 Å². The molecule has 28 heavy (non-hydrogen) atoms. The van der Waals surface area contributed by atoms with Crippen molar-refractivity contribution in [2.75, 3.05) is 5.75 Å². The van der Waals surface area contributed by atoms with Crippen molar-refractivity contribution < 1.29 is 9.21 Å². The molecule has 1 N–H and O–H groups in total. The Morgan fingerprint density at radius 2 is 2.14 bits per heavy atom. The molecule has 1 aromatic carbocycles. The van der Waals surface area contributed by atoms with E-state index in [0.717, 1.165) is 11.3 Å². The number of furan rings is 1. The third-order valence-corrected chi connectivity index (χ3v) is 5.65. The second kappa shape index (κ2) is 7.69. The van der Waals surface area contributed by atoms with Gasteiger partial charge in [-0.1, -0.05) is 35.5 Å². The highest BCUT2D eigenvalue weighted by Crippen LogP contribution is 2.34. The van der Waals surface area contributed by atoms with Gasteiger partial charge in [0.25, 0.3) is 5.91 Å². The van der Waals surface area contributed by atoms with E-state index in [1.807, 2.05) is 18.2 Å². The number of hydrogen-bond donors (Lipinski definition) is 1. The number of carbonyl (C=O) groups is 1. The fraction of sp³-hybridized carbons (Fsp3) is 0.222. The maximum Gasteiger partial charge on any atom is 0.343 e. The monoisotopic (exact) mass is 417 g/mol. The van der Waals surface area contributed by atoms with Crippen molar-refractivity contribution >= 4 is 35.0 Å². The lowest BCUT2D eigenvalue weighted by Gasteiger charge is -2.19. The Bertz CT molecular complexity index is 1070. The predicted octanol–water partition coefficient (Wildman–Crippen LogP) is 2.82. The molecule has 2 aromatic heterocycles. The van der Waals surface area contributed by atoms with Crippen LogP contribution in [0.5, 0.6) is 0 Å². The maximum absolute atomic E-state index is 12.9. The number of halogens is 1. The fourth-order valence-corrected chi connectivity index (χ4v) is 3.81. The van der Waals surface area contributed by atoms with Gasteiger partial charge >= 0.3 is 5.69 Å². The first-order valence-corrected chi connectivity index (χ1v) is 9.82. The van der Waals surface area contributed by atoms with Gasteiger partial charge in [-0.05, 0) is 29.8 Å². The summed E-state index contributed by atoms with van der Waals surface area (Å²) in [5.74, 6) is 0.552. The number of hydrogen-bond acceptors (Lipinski definition) is 6. The Hall–Kier alpha value is -2.78. The van der Waals surface area contributed by atoms with Crippen molar-refractivity contribution in [3.8, 4) is 0 Å². The molecule has 8 nitrogen and oxygen atoms in total. The second-order valence-electron chi connectivity index (χ2n) is 6.19. The van der Waals surface area contributed by atoms with Gasteiger partial charge in [0.2, 0.25) is 0 Å². The Labute approximate surface area is 169 Å². The van der Waals surface area contributed by atoms with Gasteiger partial charge in [-0.3, -0.25) is 9.36 Å². The molecule has 1 aliphatic rings. The molecule has 0 fully saturated rings. The van der Waals surface area contributed by atoms with Crippen molar-refractivity contribution in [3.63, 3.8) is 0 Å². The van der Waals surface area contributed by atoms with Gasteiger partial charge in [0, 0.05) is 18.5 Å². The highest BCUT2D eigenvalue weighted by Gasteiger charge is 2.34. The summed E-state index contributed by atoms with van der Waals surface area (Å²) in [5, 5.41) is 13.3. The Balaban J connectivity index is 1.57. The molecule has 0 spiro atoms. The van der Waals surface area contributed by atoms with E-state index in [1.165, 1.54) is 21.3 Å². The zero-order valence-electron chi connectivity index (χ0n) is 14.8. The van der Waals surface area contributed by atoms with Crippen molar-refractivity contribution in [2.24, 2.45) is 12.1 Å². The Kier molecular flexibility index (Phi) is 5.10. The molecule has 3 aromatic rings. The van der Waals surface area contributed by atoms with Crippen LogP contribution in [-0.2, 0) is 11.8 Å². The van der Waals surface area contributed by atoms with Crippen LogP contribution in [0, 0.1) is 0 Å². The summed E-state index contributed by atoms with van der Waals surface area (Å²) in [6.07, 6.45) is 2.11. The van der Waals surface area contributed by atoms with Crippen LogP contribution in [-0.4, -0.2) is 37.1 Å². The molecule has 0 aliphatic carbocycles. The van der Waals surface area contributed by atoms with E-state index in [9.17, 15) is 9.59 Å². The van der Waals surface area contributed by atoms with Crippen molar-refractivity contribution in [2.45, 2.75) is 17.6 Å². The lowest BCUT2D eigenvalue weighted by molar-refractivity contribution is -0.130. The predicted molar refractivity (Wildman–Crippen MR) is 105 cm³/mol. The van der Waals surface area contributed by atoms with Gasteiger partial charge in [-0.2, -0.15) is 5.10 Å². The van der Waals surface area contributed by atoms with Crippen LogP contribution in [0.3, 0.4) is 0 Å². The molecule has 0 saturated heterocycles. The molecule has 3 heterocycles. The van der Waals surface area contributed by atoms with Crippen LogP contribution in [0.4, 0.5) is 0 Å². The topological polar surface area (TPSA) is 96.5 Å². The van der Waals surface area contributed by atoms with Gasteiger partial charge < -0.3 is 4.42 Å². The highest BCUT2D eigenvalue weighted by molar-refractivity contribution is 7.99. The zero-order chi connectivity index (χ0) is 19.7. The Morgan fingerprint density at radius 1 is 1.36 bits per heavy atom. The average Bonchev–Trinajstić information content (AvgIpc) is 3.42. The van der Waals surface area contributed by atoms with E-state index >= 15 is 0 Å². The molecular formula is C18H16ClN5O3S. The number of hydrazone groups is 1. The number of nitrogens with one attached hydrogen (secondary N) is 1. The van der Waals surface area contributed by atoms with Crippen LogP contribution in [0.25, 0.3) is 0 Å². The number of thioether (sulfide) groups is 1. The number of benzene rings is 1. The summed E-state index contributed by atoms with van der Waals surface area (Å²) in [7, 11) is 1.59. The molecule has 10 heteroatoms. The van der Waals surface area contributed by atoms with Crippen LogP contribution < -0.4 is 5.69 Å². The first-order chi connectivity index (χ1) is 13.5. The van der Waals surface area contributed by atoms with Gasteiger partial charge in [0.1, 0.15) is 11.8 Å². The van der Waals surface area contributed by atoms with Crippen molar-refractivity contribution in [3.05, 3.63) is 69.5 Å². The van der Waals surface area contributed by atoms with E-state index < -0.39 is 0 Å². The van der Waals surface area contributed by atoms with E-state index in [-0.39, 0.29) is 23.4 Å². The first-order valence-electron chi connectivity index (χ1n) is 8.46. The summed E-state index contributed by atoms with van der Waals surface area (Å²) in [4.78, 5) is 24.3. The largest absolute Gasteiger partial charge is 0.467 e. The number of amides is 1. The van der Waals surface area contributed by atoms with E-state index in [1.54, 1.807) is 31.5 Å². The molecule has 1 aliphatic heterocycles. The zero-order valence-corrected chi connectivity index (χ0v) is 16.4. The maximum atomic E-state index is 12.9. The van der Waals surface area contributed by atoms with Gasteiger partial charge in [-0.15, -0.1) is 5.10 Å². The molecule has 4 rings (SSSR count). The normalized spacial score (nSPS) is 16.4. The van der Waals surface area contributed by atoms with E-state index in [4.69, 9.17) is 16.0 Å². The molecule has 1 amide bonds. The summed E-state index contributed by atoms with van der Waals surface area (Å²) in [6, 6.07) is 10.6. The molecule has 0 saturated carbocycles. The van der Waals surface area contributed by atoms with Crippen molar-refractivity contribution in [1.29, 1.82) is 0 Å². The summed E-state index contributed by atoms with van der Waals surface area (Å²) in [6.45, 7) is 0. The minimum atomic E-state index is -0.326. The summed E-state index contributed by atoms with van der Waals surface area (Å²) in [5.41, 5.74) is 1.36. The molecule has 0 radical (unpaired) electrons. The third-order valence-electron chi connectivity index (χ3n) is 4.38. The van der Waals surface area contributed by atoms with Gasteiger partial charge in [0.05, 0.1) is 17.7 Å². The number of H-pyrrole nitrogens is 1. The summed E-state index contributed by atoms with van der Waals surface area (Å²) < 4.78 is 6.88. The minimum absolute atomic E-state index is 0.0900. The highest BCUT2D eigenvalue weighted by atomic mass is 35.5. The van der Waals surface area contributed by atoms with Crippen LogP contribution in [0.15, 0.2) is 62.1 Å². The third kappa shape index (κ3) is 3.63. The van der Waals surface area contributed by atoms with Crippen LogP contribution in [0.2, 0.25) is 5.02 Å². The first kappa shape index (κ1) is 18.6. The average molecular weight is 418 g/mol. The molecular weight excluding hydrogens is 402 g/mol. The SMILES string of the molecule is Cn1c(SCC(=O)N2N=C(c3ccc(Cl)cc3)CC2c2ccco2)n[nH]c1=O.